The molecule has 5 aliphatic rings. The predicted molar refractivity (Wildman–Crippen MR) is 127 cm³/mol. The molecule has 1 heterocycles. The van der Waals surface area contributed by atoms with Crippen molar-refractivity contribution in [2.45, 2.75) is 48.8 Å². The van der Waals surface area contributed by atoms with Crippen LogP contribution in [0.4, 0.5) is 0 Å². The van der Waals surface area contributed by atoms with Gasteiger partial charge in [-0.15, -0.1) is 0 Å². The van der Waals surface area contributed by atoms with Crippen molar-refractivity contribution in [2.24, 2.45) is 17.3 Å². The van der Waals surface area contributed by atoms with Crippen molar-refractivity contribution in [1.82, 2.24) is 9.21 Å². The van der Waals surface area contributed by atoms with E-state index in [1.165, 1.54) is 29.1 Å². The van der Waals surface area contributed by atoms with E-state index in [9.17, 15) is 13.2 Å². The van der Waals surface area contributed by atoms with Crippen LogP contribution < -0.4 is 0 Å². The number of hydrogen-bond acceptors (Lipinski definition) is 3. The van der Waals surface area contributed by atoms with Crippen LogP contribution in [0.25, 0.3) is 0 Å². The summed E-state index contributed by atoms with van der Waals surface area (Å²) in [5.41, 5.74) is 1.29. The zero-order valence-electron chi connectivity index (χ0n) is 19.0. The zero-order valence-corrected chi connectivity index (χ0v) is 19.8. The normalized spacial score (nSPS) is 33.9. The summed E-state index contributed by atoms with van der Waals surface area (Å²) in [6.07, 6.45) is 6.68. The van der Waals surface area contributed by atoms with E-state index in [4.69, 9.17) is 0 Å². The highest BCUT2D eigenvalue weighted by molar-refractivity contribution is 7.89. The first kappa shape index (κ1) is 21.4. The number of benzene rings is 2. The summed E-state index contributed by atoms with van der Waals surface area (Å²) in [7, 11) is -3.51. The summed E-state index contributed by atoms with van der Waals surface area (Å²) in [4.78, 5) is 16.3. The minimum atomic E-state index is -3.51. The van der Waals surface area contributed by atoms with Crippen molar-refractivity contribution in [3.63, 3.8) is 0 Å². The molecule has 1 saturated heterocycles. The van der Waals surface area contributed by atoms with Crippen LogP contribution in [0, 0.1) is 17.3 Å². The predicted octanol–water partition coefficient (Wildman–Crippen LogP) is 4.06. The first-order valence-electron chi connectivity index (χ1n) is 12.3. The maximum absolute atomic E-state index is 14.0. The van der Waals surface area contributed by atoms with Gasteiger partial charge in [-0.2, -0.15) is 4.31 Å². The van der Waals surface area contributed by atoms with Crippen LogP contribution in [0.2, 0.25) is 0 Å². The van der Waals surface area contributed by atoms with Crippen molar-refractivity contribution >= 4 is 15.9 Å². The fourth-order valence-corrected chi connectivity index (χ4v) is 9.29. The summed E-state index contributed by atoms with van der Waals surface area (Å²) >= 11 is 0. The molecule has 2 unspecified atom stereocenters. The van der Waals surface area contributed by atoms with E-state index in [1.54, 1.807) is 24.3 Å². The van der Waals surface area contributed by atoms with Crippen molar-refractivity contribution < 1.29 is 13.2 Å². The van der Waals surface area contributed by atoms with E-state index in [0.29, 0.717) is 42.9 Å². The molecule has 0 radical (unpaired) electrons. The maximum Gasteiger partial charge on any atom is 0.243 e. The number of nitrogens with zero attached hydrogens (tertiary/aromatic N) is 2. The number of rotatable bonds is 4. The molecule has 7 rings (SSSR count). The van der Waals surface area contributed by atoms with Gasteiger partial charge in [0.15, 0.2) is 0 Å². The van der Waals surface area contributed by atoms with Crippen LogP contribution >= 0.6 is 0 Å². The van der Waals surface area contributed by atoms with Gasteiger partial charge in [0, 0.05) is 26.2 Å². The summed E-state index contributed by atoms with van der Waals surface area (Å²) in [5.74, 6) is 1.55. The lowest BCUT2D eigenvalue weighted by Crippen LogP contribution is -2.61. The third-order valence-corrected chi connectivity index (χ3v) is 10.7. The number of sulfonamides is 1. The molecule has 0 aromatic heterocycles. The molecule has 4 saturated carbocycles. The average molecular weight is 465 g/mol. The van der Waals surface area contributed by atoms with Crippen molar-refractivity contribution in [1.29, 1.82) is 0 Å². The lowest BCUT2D eigenvalue weighted by Gasteiger charge is -2.62. The Morgan fingerprint density at radius 1 is 0.788 bits per heavy atom. The van der Waals surface area contributed by atoms with Gasteiger partial charge < -0.3 is 4.90 Å². The van der Waals surface area contributed by atoms with Crippen molar-refractivity contribution in [3.05, 3.63) is 66.2 Å². The van der Waals surface area contributed by atoms with Gasteiger partial charge in [-0.25, -0.2) is 8.42 Å². The Morgan fingerprint density at radius 3 is 1.97 bits per heavy atom. The van der Waals surface area contributed by atoms with Gasteiger partial charge in [0.1, 0.15) is 0 Å². The Bertz CT molecular complexity index is 1130. The van der Waals surface area contributed by atoms with Crippen LogP contribution in [0.5, 0.6) is 0 Å². The van der Waals surface area contributed by atoms with Gasteiger partial charge in [-0.1, -0.05) is 48.5 Å². The fraction of sp³-hybridized carbons (Fsp3) is 0.519. The molecule has 2 atom stereocenters. The summed E-state index contributed by atoms with van der Waals surface area (Å²) in [6, 6.07) is 19.5. The maximum atomic E-state index is 14.0. The van der Waals surface area contributed by atoms with Crippen molar-refractivity contribution in [3.8, 4) is 0 Å². The highest BCUT2D eigenvalue weighted by atomic mass is 32.2. The first-order valence-corrected chi connectivity index (χ1v) is 13.7. The largest absolute Gasteiger partial charge is 0.340 e. The number of carbonyl (C=O) groups is 1. The SMILES string of the molecule is O=C(N1CCN(S(=O)(=O)c2ccccc2)CC1)C12CC3CC(C1)CC(c1ccccc1)(C3)C2. The monoisotopic (exact) mass is 464 g/mol. The second-order valence-electron chi connectivity index (χ2n) is 10.9. The Hall–Kier alpha value is -2.18. The van der Waals surface area contributed by atoms with E-state index in [-0.39, 0.29) is 16.7 Å². The molecule has 174 valence electrons. The van der Waals surface area contributed by atoms with E-state index < -0.39 is 10.0 Å². The minimum absolute atomic E-state index is 0.138. The summed E-state index contributed by atoms with van der Waals surface area (Å²) in [6.45, 7) is 1.71. The molecular weight excluding hydrogens is 432 g/mol. The standard InChI is InChI=1S/C27H32N2O3S/c30-25(28-11-13-29(14-12-28)33(31,32)24-9-5-2-6-10-24)27-18-21-15-22(19-27)17-26(16-21,20-27)23-7-3-1-4-8-23/h1-10,21-22H,11-20H2. The molecule has 0 spiro atoms. The van der Waals surface area contributed by atoms with Crippen LogP contribution in [0.1, 0.15) is 44.1 Å². The van der Waals surface area contributed by atoms with Gasteiger partial charge >= 0.3 is 0 Å². The molecule has 4 aliphatic carbocycles. The van der Waals surface area contributed by atoms with Crippen LogP contribution in [-0.4, -0.2) is 49.7 Å². The molecule has 6 heteroatoms. The van der Waals surface area contributed by atoms with E-state index >= 15 is 0 Å². The lowest BCUT2D eigenvalue weighted by molar-refractivity contribution is -0.161. The van der Waals surface area contributed by atoms with E-state index in [1.807, 2.05) is 11.0 Å². The Balaban J connectivity index is 1.21. The Labute approximate surface area is 196 Å². The molecule has 1 amide bonds. The van der Waals surface area contributed by atoms with E-state index in [2.05, 4.69) is 30.3 Å². The second kappa shape index (κ2) is 7.67. The summed E-state index contributed by atoms with van der Waals surface area (Å²) in [5, 5.41) is 0. The highest BCUT2D eigenvalue weighted by Gasteiger charge is 2.61. The van der Waals surface area contributed by atoms with Crippen LogP contribution in [-0.2, 0) is 20.2 Å². The third-order valence-electron chi connectivity index (χ3n) is 8.81. The number of amides is 1. The highest BCUT2D eigenvalue weighted by Crippen LogP contribution is 2.66. The molecule has 5 fully saturated rings. The smallest absolute Gasteiger partial charge is 0.243 e. The molecule has 1 aliphatic heterocycles. The topological polar surface area (TPSA) is 57.7 Å². The fourth-order valence-electron chi connectivity index (χ4n) is 7.85. The zero-order chi connectivity index (χ0) is 22.7. The van der Waals surface area contributed by atoms with Gasteiger partial charge in [-0.05, 0) is 73.5 Å². The molecule has 5 nitrogen and oxygen atoms in total. The number of hydrogen-bond donors (Lipinski definition) is 0. The van der Waals surface area contributed by atoms with E-state index in [0.717, 1.165) is 19.3 Å². The lowest BCUT2D eigenvalue weighted by atomic mass is 9.42. The second-order valence-corrected chi connectivity index (χ2v) is 12.8. The number of carbonyl (C=O) groups excluding carboxylic acids is 1. The van der Waals surface area contributed by atoms with Gasteiger partial charge in [0.05, 0.1) is 10.3 Å². The molecular formula is C27H32N2O3S. The Kier molecular flexibility index (Phi) is 4.97. The Morgan fingerprint density at radius 2 is 1.36 bits per heavy atom. The van der Waals surface area contributed by atoms with Crippen LogP contribution in [0.15, 0.2) is 65.6 Å². The number of piperazine rings is 1. The third kappa shape index (κ3) is 3.45. The van der Waals surface area contributed by atoms with Gasteiger partial charge in [0.25, 0.3) is 0 Å². The quantitative estimate of drug-likeness (QED) is 0.686. The molecule has 4 bridgehead atoms. The van der Waals surface area contributed by atoms with Gasteiger partial charge in [-0.3, -0.25) is 4.79 Å². The first-order chi connectivity index (χ1) is 15.9. The molecule has 33 heavy (non-hydrogen) atoms. The summed E-state index contributed by atoms with van der Waals surface area (Å²) < 4.78 is 27.6. The molecule has 0 N–H and O–H groups in total. The molecule has 2 aromatic rings. The molecule has 2 aromatic carbocycles. The minimum Gasteiger partial charge on any atom is -0.340 e. The van der Waals surface area contributed by atoms with Crippen molar-refractivity contribution in [2.75, 3.05) is 26.2 Å². The van der Waals surface area contributed by atoms with Gasteiger partial charge in [0.2, 0.25) is 15.9 Å². The average Bonchev–Trinajstić information content (AvgIpc) is 2.84. The van der Waals surface area contributed by atoms with Crippen LogP contribution in [0.3, 0.4) is 0 Å².